The lowest BCUT2D eigenvalue weighted by atomic mass is 10.1. The van der Waals surface area contributed by atoms with E-state index in [2.05, 4.69) is 32.9 Å². The number of anilines is 1. The van der Waals surface area contributed by atoms with E-state index in [0.29, 0.717) is 12.1 Å². The number of rotatable bonds is 6. The Hall–Kier alpha value is -1.89. The Morgan fingerprint density at radius 2 is 2.03 bits per heavy atom. The van der Waals surface area contributed by atoms with E-state index >= 15 is 0 Å². The van der Waals surface area contributed by atoms with Gasteiger partial charge in [0.25, 0.3) is 5.91 Å². The molecule has 1 aliphatic rings. The Morgan fingerprint density at radius 1 is 1.24 bits per heavy atom. The molecule has 4 rings (SSSR count). The summed E-state index contributed by atoms with van der Waals surface area (Å²) in [6.45, 7) is 7.64. The number of thioether (sulfide) groups is 1. The van der Waals surface area contributed by atoms with E-state index in [-0.39, 0.29) is 12.0 Å². The number of aromatic nitrogens is 1. The fourth-order valence-electron chi connectivity index (χ4n) is 3.59. The maximum absolute atomic E-state index is 13.5. The molecule has 1 atom stereocenters. The fourth-order valence-corrected chi connectivity index (χ4v) is 5.28. The normalized spacial score (nSPS) is 16.4. The van der Waals surface area contributed by atoms with Gasteiger partial charge in [0.1, 0.15) is 0 Å². The number of carbonyl (C=O) groups is 1. The number of fused-ring (bicyclic) bond motifs is 1. The van der Waals surface area contributed by atoms with Gasteiger partial charge in [0.2, 0.25) is 0 Å². The van der Waals surface area contributed by atoms with Gasteiger partial charge in [0.05, 0.1) is 22.9 Å². The molecule has 0 spiro atoms. The van der Waals surface area contributed by atoms with Gasteiger partial charge >= 0.3 is 0 Å². The van der Waals surface area contributed by atoms with Gasteiger partial charge in [-0.15, -0.1) is 11.8 Å². The first-order chi connectivity index (χ1) is 14.1. The molecule has 2 heterocycles. The molecule has 1 fully saturated rings. The standard InChI is InChI=1S/C23H26N2O2S2/c1-4-28-19-10-8-17(9-11-19)22(26)25(14-18-6-5-13-27-18)23-24-21-16(3)15(2)7-12-20(21)29-23/h7-12,18H,4-6,13-14H2,1-3H3. The smallest absolute Gasteiger partial charge is 0.260 e. The van der Waals surface area contributed by atoms with Crippen molar-refractivity contribution in [3.63, 3.8) is 0 Å². The molecular weight excluding hydrogens is 400 g/mol. The SMILES string of the molecule is CCSc1ccc(C(=O)N(CC2CCCO2)c2nc3c(C)c(C)ccc3s2)cc1. The fraction of sp³-hybridized carbons (Fsp3) is 0.391. The Balaban J connectivity index is 1.69. The summed E-state index contributed by atoms with van der Waals surface area (Å²) in [5.41, 5.74) is 4.08. The summed E-state index contributed by atoms with van der Waals surface area (Å²) >= 11 is 3.36. The van der Waals surface area contributed by atoms with Gasteiger partial charge in [-0.2, -0.15) is 0 Å². The van der Waals surface area contributed by atoms with Crippen molar-refractivity contribution in [3.8, 4) is 0 Å². The van der Waals surface area contributed by atoms with Crippen LogP contribution in [0.5, 0.6) is 0 Å². The molecule has 4 nitrogen and oxygen atoms in total. The highest BCUT2D eigenvalue weighted by atomic mass is 32.2. The first-order valence-electron chi connectivity index (χ1n) is 10.1. The third-order valence-corrected chi connectivity index (χ3v) is 7.31. The van der Waals surface area contributed by atoms with Crippen molar-refractivity contribution in [2.24, 2.45) is 0 Å². The van der Waals surface area contributed by atoms with E-state index in [1.54, 1.807) is 23.1 Å². The summed E-state index contributed by atoms with van der Waals surface area (Å²) in [4.78, 5) is 21.3. The lowest BCUT2D eigenvalue weighted by Crippen LogP contribution is -2.37. The number of nitrogens with zero attached hydrogens (tertiary/aromatic N) is 2. The Morgan fingerprint density at radius 3 is 2.72 bits per heavy atom. The molecule has 29 heavy (non-hydrogen) atoms. The summed E-state index contributed by atoms with van der Waals surface area (Å²) in [6.07, 6.45) is 2.11. The summed E-state index contributed by atoms with van der Waals surface area (Å²) in [5.74, 6) is 1.00. The number of carbonyl (C=O) groups excluding carboxylic acids is 1. The van der Waals surface area contributed by atoms with Crippen LogP contribution in [0.4, 0.5) is 5.13 Å². The monoisotopic (exact) mass is 426 g/mol. The van der Waals surface area contributed by atoms with E-state index < -0.39 is 0 Å². The average molecular weight is 427 g/mol. The second-order valence-corrected chi connectivity index (χ2v) is 9.71. The molecule has 1 aliphatic heterocycles. The summed E-state index contributed by atoms with van der Waals surface area (Å²) in [7, 11) is 0. The quantitative estimate of drug-likeness (QED) is 0.464. The van der Waals surface area contributed by atoms with Gasteiger partial charge in [-0.25, -0.2) is 4.98 Å². The molecule has 1 aromatic heterocycles. The molecule has 152 valence electrons. The van der Waals surface area contributed by atoms with Crippen molar-refractivity contribution in [2.45, 2.75) is 44.6 Å². The van der Waals surface area contributed by atoms with Crippen LogP contribution >= 0.6 is 23.1 Å². The lowest BCUT2D eigenvalue weighted by Gasteiger charge is -2.23. The molecule has 0 N–H and O–H groups in total. The van der Waals surface area contributed by atoms with Crippen LogP contribution in [0.3, 0.4) is 0 Å². The van der Waals surface area contributed by atoms with Crippen LogP contribution in [-0.2, 0) is 4.74 Å². The zero-order valence-electron chi connectivity index (χ0n) is 17.1. The van der Waals surface area contributed by atoms with Crippen LogP contribution in [0.25, 0.3) is 10.2 Å². The number of thiazole rings is 1. The Kier molecular flexibility index (Phi) is 6.23. The molecule has 6 heteroatoms. The largest absolute Gasteiger partial charge is 0.376 e. The maximum atomic E-state index is 13.5. The number of hydrogen-bond donors (Lipinski definition) is 0. The number of ether oxygens (including phenoxy) is 1. The highest BCUT2D eigenvalue weighted by Gasteiger charge is 2.27. The highest BCUT2D eigenvalue weighted by molar-refractivity contribution is 7.99. The van der Waals surface area contributed by atoms with E-state index in [0.717, 1.165) is 40.5 Å². The molecule has 1 unspecified atom stereocenters. The molecular formula is C23H26N2O2S2. The second kappa shape index (κ2) is 8.86. The summed E-state index contributed by atoms with van der Waals surface area (Å²) in [6, 6.07) is 12.1. The van der Waals surface area contributed by atoms with Crippen LogP contribution in [0.15, 0.2) is 41.3 Å². The average Bonchev–Trinajstić information content (AvgIpc) is 3.39. The zero-order valence-corrected chi connectivity index (χ0v) is 18.7. The van der Waals surface area contributed by atoms with Gasteiger partial charge in [0, 0.05) is 17.1 Å². The van der Waals surface area contributed by atoms with Crippen molar-refractivity contribution >= 4 is 44.4 Å². The number of benzene rings is 2. The molecule has 3 aromatic rings. The molecule has 1 amide bonds. The molecule has 0 aliphatic carbocycles. The van der Waals surface area contributed by atoms with Crippen molar-refractivity contribution in [2.75, 3.05) is 23.8 Å². The van der Waals surface area contributed by atoms with Crippen LogP contribution < -0.4 is 4.90 Å². The van der Waals surface area contributed by atoms with E-state index in [4.69, 9.17) is 9.72 Å². The van der Waals surface area contributed by atoms with Crippen molar-refractivity contribution in [1.29, 1.82) is 0 Å². The first kappa shape index (κ1) is 20.4. The third kappa shape index (κ3) is 4.34. The summed E-state index contributed by atoms with van der Waals surface area (Å²) in [5, 5.41) is 0.751. The molecule has 0 bridgehead atoms. The third-order valence-electron chi connectivity index (χ3n) is 5.37. The van der Waals surface area contributed by atoms with Gasteiger partial charge < -0.3 is 4.74 Å². The van der Waals surface area contributed by atoms with Crippen LogP contribution in [0, 0.1) is 13.8 Å². The molecule has 0 saturated carbocycles. The second-order valence-electron chi connectivity index (χ2n) is 7.36. The Bertz CT molecular complexity index is 1010. The topological polar surface area (TPSA) is 42.4 Å². The maximum Gasteiger partial charge on any atom is 0.260 e. The molecule has 1 saturated heterocycles. The molecule has 0 radical (unpaired) electrons. The first-order valence-corrected chi connectivity index (χ1v) is 11.9. The lowest BCUT2D eigenvalue weighted by molar-refractivity contribution is 0.0917. The van der Waals surface area contributed by atoms with E-state index in [1.165, 1.54) is 16.0 Å². The van der Waals surface area contributed by atoms with Crippen molar-refractivity contribution in [1.82, 2.24) is 4.98 Å². The van der Waals surface area contributed by atoms with Gasteiger partial charge in [-0.1, -0.05) is 24.3 Å². The Labute approximate surface area is 180 Å². The van der Waals surface area contributed by atoms with Crippen molar-refractivity contribution in [3.05, 3.63) is 53.1 Å². The minimum atomic E-state index is -0.0121. The predicted molar refractivity (Wildman–Crippen MR) is 123 cm³/mol. The molecule has 2 aromatic carbocycles. The van der Waals surface area contributed by atoms with Gasteiger partial charge in [-0.05, 0) is 73.9 Å². The minimum Gasteiger partial charge on any atom is -0.376 e. The van der Waals surface area contributed by atoms with Gasteiger partial charge in [0.15, 0.2) is 5.13 Å². The van der Waals surface area contributed by atoms with Crippen LogP contribution in [-0.4, -0.2) is 35.9 Å². The van der Waals surface area contributed by atoms with E-state index in [1.807, 2.05) is 29.2 Å². The van der Waals surface area contributed by atoms with E-state index in [9.17, 15) is 4.79 Å². The minimum absolute atomic E-state index is 0.0121. The number of hydrogen-bond acceptors (Lipinski definition) is 5. The predicted octanol–water partition coefficient (Wildman–Crippen LogP) is 5.85. The van der Waals surface area contributed by atoms with Gasteiger partial charge in [-0.3, -0.25) is 9.69 Å². The number of amides is 1. The zero-order chi connectivity index (χ0) is 20.4. The van der Waals surface area contributed by atoms with Crippen LogP contribution in [0.2, 0.25) is 0 Å². The van der Waals surface area contributed by atoms with Crippen LogP contribution in [0.1, 0.15) is 41.3 Å². The number of aryl methyl sites for hydroxylation is 2. The highest BCUT2D eigenvalue weighted by Crippen LogP contribution is 2.33. The summed E-state index contributed by atoms with van der Waals surface area (Å²) < 4.78 is 6.95. The van der Waals surface area contributed by atoms with Crippen molar-refractivity contribution < 1.29 is 9.53 Å².